The minimum atomic E-state index is 0.138. The molecule has 0 aromatic carbocycles. The number of carbonyl (C=O) groups excluding carboxylic acids is 2. The molecule has 3 saturated heterocycles. The summed E-state index contributed by atoms with van der Waals surface area (Å²) in [4.78, 5) is 31.2. The fourth-order valence-electron chi connectivity index (χ4n) is 4.40. The van der Waals surface area contributed by atoms with Crippen LogP contribution < -0.4 is 5.32 Å². The van der Waals surface area contributed by atoms with Crippen LogP contribution in [0.4, 0.5) is 0 Å². The third-order valence-corrected chi connectivity index (χ3v) is 5.72. The molecule has 1 N–H and O–H groups in total. The van der Waals surface area contributed by atoms with E-state index < -0.39 is 0 Å². The number of morpholine rings is 1. The number of piperidine rings is 1. The van der Waals surface area contributed by atoms with E-state index in [2.05, 4.69) is 24.1 Å². The van der Waals surface area contributed by atoms with Gasteiger partial charge in [-0.15, -0.1) is 0 Å². The lowest BCUT2D eigenvalue weighted by atomic mass is 9.92. The molecule has 7 heteroatoms. The van der Waals surface area contributed by atoms with Gasteiger partial charge < -0.3 is 19.9 Å². The summed E-state index contributed by atoms with van der Waals surface area (Å²) in [5.41, 5.74) is 0. The van der Waals surface area contributed by atoms with E-state index in [-0.39, 0.29) is 17.9 Å². The first-order valence-corrected chi connectivity index (χ1v) is 10.1. The SMILES string of the molecule is CC1CC(C)CN(C(=O)CN2CCN(C(=O)CC3COCCN3)CC2)C1. The van der Waals surface area contributed by atoms with Gasteiger partial charge >= 0.3 is 0 Å². The van der Waals surface area contributed by atoms with Gasteiger partial charge in [-0.1, -0.05) is 13.8 Å². The van der Waals surface area contributed by atoms with Crippen LogP contribution in [0.15, 0.2) is 0 Å². The van der Waals surface area contributed by atoms with Gasteiger partial charge in [0, 0.05) is 58.3 Å². The van der Waals surface area contributed by atoms with E-state index in [0.29, 0.717) is 44.5 Å². The number of carbonyl (C=O) groups is 2. The van der Waals surface area contributed by atoms with Crippen molar-refractivity contribution in [2.75, 3.05) is 65.6 Å². The Morgan fingerprint density at radius 1 is 1.00 bits per heavy atom. The Morgan fingerprint density at radius 2 is 1.69 bits per heavy atom. The van der Waals surface area contributed by atoms with E-state index in [9.17, 15) is 9.59 Å². The van der Waals surface area contributed by atoms with Crippen LogP contribution in [0, 0.1) is 11.8 Å². The average molecular weight is 367 g/mol. The summed E-state index contributed by atoms with van der Waals surface area (Å²) >= 11 is 0. The fraction of sp³-hybridized carbons (Fsp3) is 0.895. The average Bonchev–Trinajstić information content (AvgIpc) is 2.62. The van der Waals surface area contributed by atoms with E-state index in [1.54, 1.807) is 0 Å². The maximum Gasteiger partial charge on any atom is 0.236 e. The van der Waals surface area contributed by atoms with Crippen LogP contribution in [-0.2, 0) is 14.3 Å². The second-order valence-electron chi connectivity index (χ2n) is 8.33. The molecule has 0 spiro atoms. The zero-order valence-corrected chi connectivity index (χ0v) is 16.3. The quantitative estimate of drug-likeness (QED) is 0.760. The molecule has 0 aromatic heterocycles. The van der Waals surface area contributed by atoms with Crippen molar-refractivity contribution in [2.24, 2.45) is 11.8 Å². The molecule has 7 nitrogen and oxygen atoms in total. The molecule has 3 rings (SSSR count). The van der Waals surface area contributed by atoms with Crippen molar-refractivity contribution in [3.05, 3.63) is 0 Å². The van der Waals surface area contributed by atoms with E-state index >= 15 is 0 Å². The molecular formula is C19H34N4O3. The number of piperazine rings is 1. The molecule has 2 amide bonds. The topological polar surface area (TPSA) is 65.1 Å². The maximum absolute atomic E-state index is 12.6. The van der Waals surface area contributed by atoms with Crippen molar-refractivity contribution in [3.63, 3.8) is 0 Å². The second kappa shape index (κ2) is 9.15. The zero-order valence-electron chi connectivity index (χ0n) is 16.3. The Balaban J connectivity index is 1.39. The largest absolute Gasteiger partial charge is 0.378 e. The lowest BCUT2D eigenvalue weighted by molar-refractivity contribution is -0.137. The zero-order chi connectivity index (χ0) is 18.5. The number of amides is 2. The molecule has 0 bridgehead atoms. The molecule has 0 saturated carbocycles. The Labute approximate surface area is 157 Å². The van der Waals surface area contributed by atoms with Crippen molar-refractivity contribution in [1.82, 2.24) is 20.0 Å². The molecule has 0 aliphatic carbocycles. The Hall–Kier alpha value is -1.18. The molecule has 3 heterocycles. The highest BCUT2D eigenvalue weighted by Crippen LogP contribution is 2.21. The van der Waals surface area contributed by atoms with Crippen LogP contribution >= 0.6 is 0 Å². The standard InChI is InChI=1S/C19H34N4O3/c1-15-9-16(2)12-23(11-15)19(25)13-21-4-6-22(7-5-21)18(24)10-17-14-26-8-3-20-17/h15-17,20H,3-14H2,1-2H3. The molecule has 148 valence electrons. The van der Waals surface area contributed by atoms with E-state index in [0.717, 1.165) is 39.3 Å². The molecular weight excluding hydrogens is 332 g/mol. The van der Waals surface area contributed by atoms with Gasteiger partial charge in [-0.25, -0.2) is 0 Å². The molecule has 0 aromatic rings. The van der Waals surface area contributed by atoms with Gasteiger partial charge in [0.1, 0.15) is 0 Å². The highest BCUT2D eigenvalue weighted by molar-refractivity contribution is 5.79. The monoisotopic (exact) mass is 366 g/mol. The third kappa shape index (κ3) is 5.41. The van der Waals surface area contributed by atoms with E-state index in [1.807, 2.05) is 9.80 Å². The third-order valence-electron chi connectivity index (χ3n) is 5.72. The lowest BCUT2D eigenvalue weighted by Gasteiger charge is -2.38. The first-order chi connectivity index (χ1) is 12.5. The number of likely N-dealkylation sites (tertiary alicyclic amines) is 1. The van der Waals surface area contributed by atoms with Crippen LogP contribution in [0.1, 0.15) is 26.7 Å². The highest BCUT2D eigenvalue weighted by Gasteiger charge is 2.29. The number of hydrogen-bond donors (Lipinski definition) is 1. The van der Waals surface area contributed by atoms with Crippen molar-refractivity contribution in [3.8, 4) is 0 Å². The van der Waals surface area contributed by atoms with Crippen molar-refractivity contribution in [2.45, 2.75) is 32.7 Å². The Kier molecular flexibility index (Phi) is 6.89. The van der Waals surface area contributed by atoms with Gasteiger partial charge in [0.05, 0.1) is 19.8 Å². The summed E-state index contributed by atoms with van der Waals surface area (Å²) < 4.78 is 5.42. The second-order valence-corrected chi connectivity index (χ2v) is 8.33. The van der Waals surface area contributed by atoms with Crippen LogP contribution in [0.3, 0.4) is 0 Å². The van der Waals surface area contributed by atoms with Gasteiger partial charge in [0.25, 0.3) is 0 Å². The predicted molar refractivity (Wildman–Crippen MR) is 99.8 cm³/mol. The molecule has 26 heavy (non-hydrogen) atoms. The minimum Gasteiger partial charge on any atom is -0.378 e. The molecule has 3 aliphatic rings. The highest BCUT2D eigenvalue weighted by atomic mass is 16.5. The molecule has 3 unspecified atom stereocenters. The molecule has 0 radical (unpaired) electrons. The maximum atomic E-state index is 12.6. The number of rotatable bonds is 4. The predicted octanol–water partition coefficient (Wildman–Crippen LogP) is 0.0136. The summed E-state index contributed by atoms with van der Waals surface area (Å²) in [6, 6.07) is 0.138. The molecule has 3 atom stereocenters. The van der Waals surface area contributed by atoms with Crippen molar-refractivity contribution < 1.29 is 14.3 Å². The summed E-state index contributed by atoms with van der Waals surface area (Å²) in [5.74, 6) is 1.62. The van der Waals surface area contributed by atoms with E-state index in [4.69, 9.17) is 4.74 Å². The van der Waals surface area contributed by atoms with Gasteiger partial charge in [-0.3, -0.25) is 14.5 Å². The van der Waals surface area contributed by atoms with Crippen molar-refractivity contribution in [1.29, 1.82) is 0 Å². The number of hydrogen-bond acceptors (Lipinski definition) is 5. The van der Waals surface area contributed by atoms with Crippen LogP contribution in [-0.4, -0.2) is 98.1 Å². The van der Waals surface area contributed by atoms with Crippen LogP contribution in [0.5, 0.6) is 0 Å². The van der Waals surface area contributed by atoms with Gasteiger partial charge in [0.2, 0.25) is 11.8 Å². The fourth-order valence-corrected chi connectivity index (χ4v) is 4.40. The normalized spacial score (nSPS) is 31.1. The lowest BCUT2D eigenvalue weighted by Crippen LogP contribution is -2.54. The van der Waals surface area contributed by atoms with Gasteiger partial charge in [-0.2, -0.15) is 0 Å². The summed E-state index contributed by atoms with van der Waals surface area (Å²) in [7, 11) is 0. The van der Waals surface area contributed by atoms with E-state index in [1.165, 1.54) is 6.42 Å². The molecule has 3 fully saturated rings. The van der Waals surface area contributed by atoms with Crippen LogP contribution in [0.2, 0.25) is 0 Å². The number of nitrogens with zero attached hydrogens (tertiary/aromatic N) is 3. The molecule has 3 aliphatic heterocycles. The Morgan fingerprint density at radius 3 is 2.31 bits per heavy atom. The van der Waals surface area contributed by atoms with Gasteiger partial charge in [0.15, 0.2) is 0 Å². The van der Waals surface area contributed by atoms with Gasteiger partial charge in [-0.05, 0) is 18.3 Å². The summed E-state index contributed by atoms with van der Waals surface area (Å²) in [5, 5.41) is 3.33. The number of nitrogens with one attached hydrogen (secondary N) is 1. The smallest absolute Gasteiger partial charge is 0.236 e. The number of ether oxygens (including phenoxy) is 1. The summed E-state index contributed by atoms with van der Waals surface area (Å²) in [6.45, 7) is 11.9. The Bertz CT molecular complexity index is 477. The van der Waals surface area contributed by atoms with Crippen molar-refractivity contribution >= 4 is 11.8 Å². The summed E-state index contributed by atoms with van der Waals surface area (Å²) in [6.07, 6.45) is 1.72. The first kappa shape index (κ1) is 19.6. The minimum absolute atomic E-state index is 0.138. The first-order valence-electron chi connectivity index (χ1n) is 10.1. The van der Waals surface area contributed by atoms with Crippen LogP contribution in [0.25, 0.3) is 0 Å².